The number of aliphatic hydroxyl groups excluding tert-OH is 1. The second-order valence-electron chi connectivity index (χ2n) is 12.1. The zero-order valence-corrected chi connectivity index (χ0v) is 23.6. The quantitative estimate of drug-likeness (QED) is 0.559. The minimum absolute atomic E-state index is 0.0613. The van der Waals surface area contributed by atoms with Gasteiger partial charge in [-0.15, -0.1) is 0 Å². The average molecular weight is 540 g/mol. The molecule has 1 aromatic heterocycles. The van der Waals surface area contributed by atoms with E-state index in [2.05, 4.69) is 42.8 Å². The Hall–Kier alpha value is -2.43. The zero-order valence-electron chi connectivity index (χ0n) is 23.6. The summed E-state index contributed by atoms with van der Waals surface area (Å²) in [4.78, 5) is 25.5. The maximum absolute atomic E-state index is 13.9. The van der Waals surface area contributed by atoms with Gasteiger partial charge in [-0.1, -0.05) is 26.0 Å². The highest BCUT2D eigenvalue weighted by Gasteiger charge is 2.41. The fraction of sp³-hybridized carbons (Fsp3) is 0.600. The van der Waals surface area contributed by atoms with E-state index in [1.54, 1.807) is 6.07 Å². The van der Waals surface area contributed by atoms with Gasteiger partial charge in [0.15, 0.2) is 0 Å². The molecule has 3 atom stereocenters. The van der Waals surface area contributed by atoms with Gasteiger partial charge >= 0.3 is 0 Å². The van der Waals surface area contributed by atoms with E-state index in [1.807, 2.05) is 17.0 Å². The van der Waals surface area contributed by atoms with Gasteiger partial charge in [0.25, 0.3) is 0 Å². The molecule has 2 saturated heterocycles. The van der Waals surface area contributed by atoms with Crippen molar-refractivity contribution in [3.05, 3.63) is 58.7 Å². The van der Waals surface area contributed by atoms with Gasteiger partial charge in [-0.05, 0) is 49.6 Å². The number of hydrogen-bond acceptors (Lipinski definition) is 7. The van der Waals surface area contributed by atoms with Crippen LogP contribution < -0.4 is 10.2 Å². The highest BCUT2D eigenvalue weighted by Crippen LogP contribution is 2.41. The predicted molar refractivity (Wildman–Crippen MR) is 149 cm³/mol. The number of fused-ring (bicyclic) bond motifs is 1. The molecule has 1 unspecified atom stereocenters. The number of benzene rings is 1. The predicted octanol–water partition coefficient (Wildman–Crippen LogP) is 2.31. The Morgan fingerprint density at radius 1 is 1.26 bits per heavy atom. The lowest BCUT2D eigenvalue weighted by atomic mass is 9.90. The highest BCUT2D eigenvalue weighted by molar-refractivity contribution is 5.97. The van der Waals surface area contributed by atoms with Crippen molar-refractivity contribution in [2.75, 3.05) is 57.4 Å². The number of ether oxygens (including phenoxy) is 1. The van der Waals surface area contributed by atoms with Crippen molar-refractivity contribution >= 4 is 11.6 Å². The third-order valence-corrected chi connectivity index (χ3v) is 8.41. The van der Waals surface area contributed by atoms with Crippen molar-refractivity contribution in [1.29, 1.82) is 0 Å². The maximum Gasteiger partial charge on any atom is 0.241 e. The minimum Gasteiger partial charge on any atom is -0.390 e. The molecule has 2 N–H and O–H groups in total. The first-order valence-electron chi connectivity index (χ1n) is 14.1. The average Bonchev–Trinajstić information content (AvgIpc) is 3.16. The van der Waals surface area contributed by atoms with E-state index in [1.165, 1.54) is 12.1 Å². The molecule has 9 heteroatoms. The number of carbonyl (C=O) groups is 1. The Labute approximate surface area is 231 Å². The number of hydrogen-bond donors (Lipinski definition) is 2. The minimum atomic E-state index is -0.342. The number of rotatable bonds is 7. The summed E-state index contributed by atoms with van der Waals surface area (Å²) in [6.07, 6.45) is 0.436. The number of anilines is 1. The van der Waals surface area contributed by atoms with Crippen LogP contribution in [0.3, 0.4) is 0 Å². The number of carbonyl (C=O) groups excluding carboxylic acids is 1. The number of nitrogens with one attached hydrogen (secondary N) is 1. The van der Waals surface area contributed by atoms with Crippen LogP contribution >= 0.6 is 0 Å². The molecular weight excluding hydrogens is 497 g/mol. The lowest BCUT2D eigenvalue weighted by Crippen LogP contribution is -2.62. The number of nitrogens with zero attached hydrogens (tertiary/aromatic N) is 4. The molecule has 4 heterocycles. The molecule has 0 spiro atoms. The standard InChI is InChI=1S/C30H42FN5O3/c1-20-14-35(25(13-32-20)15-34-8-9-39-18-21(34)2)16-28(38)36-19-30(3,4)29-27(36)12-23(26(17-37)33-29)10-22-6-5-7-24(31)11-22/h5-7,11-12,20-21,25,32,37H,8-10,13-19H2,1-4H3/t20?,21-,25-/m1/s1. The van der Waals surface area contributed by atoms with Crippen LogP contribution in [0, 0.1) is 5.82 Å². The van der Waals surface area contributed by atoms with Gasteiger partial charge in [-0.3, -0.25) is 19.6 Å². The van der Waals surface area contributed by atoms with E-state index in [9.17, 15) is 14.3 Å². The molecular formula is C30H42FN5O3. The number of piperazine rings is 1. The van der Waals surface area contributed by atoms with Crippen molar-refractivity contribution in [2.24, 2.45) is 0 Å². The Bertz CT molecular complexity index is 1190. The molecule has 3 aliphatic rings. The summed E-state index contributed by atoms with van der Waals surface area (Å²) in [5.41, 5.74) is 3.48. The van der Waals surface area contributed by atoms with Gasteiger partial charge in [0.05, 0.1) is 43.4 Å². The van der Waals surface area contributed by atoms with Crippen molar-refractivity contribution in [3.8, 4) is 0 Å². The van der Waals surface area contributed by atoms with Crippen LogP contribution in [0.15, 0.2) is 30.3 Å². The summed E-state index contributed by atoms with van der Waals surface area (Å²) in [6, 6.07) is 9.37. The van der Waals surface area contributed by atoms with Crippen LogP contribution in [-0.2, 0) is 28.0 Å². The second-order valence-corrected chi connectivity index (χ2v) is 12.1. The molecule has 8 nitrogen and oxygen atoms in total. The molecule has 0 aliphatic carbocycles. The van der Waals surface area contributed by atoms with E-state index < -0.39 is 0 Å². The first kappa shape index (κ1) is 28.1. The van der Waals surface area contributed by atoms with Gasteiger partial charge in [-0.25, -0.2) is 4.39 Å². The van der Waals surface area contributed by atoms with Gasteiger partial charge in [0.1, 0.15) is 5.82 Å². The Kier molecular flexibility index (Phi) is 8.35. The van der Waals surface area contributed by atoms with Crippen molar-refractivity contribution < 1.29 is 19.0 Å². The van der Waals surface area contributed by atoms with Crippen LogP contribution in [0.5, 0.6) is 0 Å². The molecule has 1 amide bonds. The van der Waals surface area contributed by atoms with E-state index in [0.717, 1.165) is 61.9 Å². The zero-order chi connectivity index (χ0) is 27.7. The SMILES string of the molecule is CC1CN(CC(=O)N2CC(C)(C)c3nc(CO)c(Cc4cccc(F)c4)cc32)[C@@H](CN2CCOC[C@H]2C)CN1. The van der Waals surface area contributed by atoms with Gasteiger partial charge in [0, 0.05) is 56.3 Å². The molecule has 0 bridgehead atoms. The third kappa shape index (κ3) is 6.18. The maximum atomic E-state index is 13.9. The fourth-order valence-electron chi connectivity index (χ4n) is 6.19. The van der Waals surface area contributed by atoms with Crippen LogP contribution in [0.1, 0.15) is 50.2 Å². The topological polar surface area (TPSA) is 81.2 Å². The molecule has 0 radical (unpaired) electrons. The number of aliphatic hydroxyl groups is 1. The lowest BCUT2D eigenvalue weighted by Gasteiger charge is -2.43. The van der Waals surface area contributed by atoms with Crippen molar-refractivity contribution in [1.82, 2.24) is 20.1 Å². The smallest absolute Gasteiger partial charge is 0.241 e. The Balaban J connectivity index is 1.38. The molecule has 3 aliphatic heterocycles. The number of amides is 1. The molecule has 2 aromatic rings. The Morgan fingerprint density at radius 2 is 2.08 bits per heavy atom. The van der Waals surface area contributed by atoms with Crippen LogP contribution in [0.2, 0.25) is 0 Å². The first-order valence-corrected chi connectivity index (χ1v) is 14.1. The van der Waals surface area contributed by atoms with Crippen molar-refractivity contribution in [3.63, 3.8) is 0 Å². The molecule has 39 heavy (non-hydrogen) atoms. The summed E-state index contributed by atoms with van der Waals surface area (Å²) in [7, 11) is 0. The second kappa shape index (κ2) is 11.6. The first-order chi connectivity index (χ1) is 18.6. The normalized spacial score (nSPS) is 25.6. The third-order valence-electron chi connectivity index (χ3n) is 8.41. The number of morpholine rings is 1. The van der Waals surface area contributed by atoms with E-state index in [0.29, 0.717) is 37.3 Å². The summed E-state index contributed by atoms with van der Waals surface area (Å²) < 4.78 is 19.5. The number of pyridine rings is 1. The Morgan fingerprint density at radius 3 is 2.82 bits per heavy atom. The largest absolute Gasteiger partial charge is 0.390 e. The highest BCUT2D eigenvalue weighted by atomic mass is 19.1. The molecule has 212 valence electrons. The van der Waals surface area contributed by atoms with E-state index in [4.69, 9.17) is 9.72 Å². The van der Waals surface area contributed by atoms with Crippen molar-refractivity contribution in [2.45, 2.75) is 64.3 Å². The molecule has 5 rings (SSSR count). The van der Waals surface area contributed by atoms with Gasteiger partial charge in [0.2, 0.25) is 5.91 Å². The molecule has 1 aromatic carbocycles. The summed E-state index contributed by atoms with van der Waals surface area (Å²) in [6.45, 7) is 14.2. The number of halogens is 1. The lowest BCUT2D eigenvalue weighted by molar-refractivity contribution is -0.121. The summed E-state index contributed by atoms with van der Waals surface area (Å²) >= 11 is 0. The van der Waals surface area contributed by atoms with Crippen LogP contribution in [0.25, 0.3) is 0 Å². The van der Waals surface area contributed by atoms with E-state index in [-0.39, 0.29) is 29.8 Å². The fourth-order valence-corrected chi connectivity index (χ4v) is 6.19. The van der Waals surface area contributed by atoms with Crippen LogP contribution in [-0.4, -0.2) is 96.4 Å². The monoisotopic (exact) mass is 539 g/mol. The van der Waals surface area contributed by atoms with Gasteiger partial charge < -0.3 is 20.1 Å². The van der Waals surface area contributed by atoms with E-state index >= 15 is 0 Å². The molecule has 0 saturated carbocycles. The van der Waals surface area contributed by atoms with Gasteiger partial charge in [-0.2, -0.15) is 0 Å². The number of aromatic nitrogens is 1. The van der Waals surface area contributed by atoms with Crippen LogP contribution in [0.4, 0.5) is 10.1 Å². The summed E-state index contributed by atoms with van der Waals surface area (Å²) in [5, 5.41) is 13.7. The summed E-state index contributed by atoms with van der Waals surface area (Å²) in [5.74, 6) is -0.234. The molecule has 2 fully saturated rings.